The molecule has 0 aliphatic rings. The van der Waals surface area contributed by atoms with Crippen LogP contribution in [0.2, 0.25) is 5.02 Å². The highest BCUT2D eigenvalue weighted by Crippen LogP contribution is 2.21. The molecule has 5 nitrogen and oxygen atoms in total. The van der Waals surface area contributed by atoms with E-state index >= 15 is 0 Å². The normalized spacial score (nSPS) is 11.8. The Morgan fingerprint density at radius 1 is 0.815 bits per heavy atom. The molecule has 0 heterocycles. The lowest BCUT2D eigenvalue weighted by Crippen LogP contribution is -2.26. The number of halogens is 1. The van der Waals surface area contributed by atoms with E-state index < -0.39 is 20.7 Å². The second kappa shape index (κ2) is 8.16. The summed E-state index contributed by atoms with van der Waals surface area (Å²) >= 11 is 6.07. The number of Topliss-reactive ketones (excluding diaryl/α,β-unsaturated/α-hetero) is 1. The number of benzene rings is 3. The van der Waals surface area contributed by atoms with E-state index in [1.165, 1.54) is 24.3 Å². The molecule has 7 heteroatoms. The third kappa shape index (κ3) is 4.24. The van der Waals surface area contributed by atoms with Gasteiger partial charge in [0.25, 0.3) is 0 Å². The van der Waals surface area contributed by atoms with Gasteiger partial charge in [0, 0.05) is 5.56 Å². The smallest absolute Gasteiger partial charge is 0.229 e. The van der Waals surface area contributed by atoms with E-state index in [1.807, 2.05) is 0 Å². The molecule has 0 radical (unpaired) electrons. The summed E-state index contributed by atoms with van der Waals surface area (Å²) in [5, 5.41) is 3.66. The Hall–Kier alpha value is -2.96. The van der Waals surface area contributed by atoms with E-state index in [0.29, 0.717) is 10.7 Å². The quantitative estimate of drug-likeness (QED) is 0.298. The van der Waals surface area contributed by atoms with Crippen LogP contribution in [0.25, 0.3) is 0 Å². The highest BCUT2D eigenvalue weighted by Gasteiger charge is 2.30. The number of para-hydroxylation sites is 1. The van der Waals surface area contributed by atoms with Crippen molar-refractivity contribution in [3.8, 4) is 0 Å². The second-order valence-electron chi connectivity index (χ2n) is 5.52. The summed E-state index contributed by atoms with van der Waals surface area (Å²) in [6.07, 6.45) is 0. The van der Waals surface area contributed by atoms with Gasteiger partial charge in [-0.25, -0.2) is 8.42 Å². The predicted octanol–water partition coefficient (Wildman–Crippen LogP) is 4.42. The summed E-state index contributed by atoms with van der Waals surface area (Å²) in [7, 11) is -4.14. The van der Waals surface area contributed by atoms with Crippen LogP contribution >= 0.6 is 11.6 Å². The lowest BCUT2D eigenvalue weighted by atomic mass is 10.1. The van der Waals surface area contributed by atoms with Gasteiger partial charge in [-0.2, -0.15) is 5.10 Å². The minimum absolute atomic E-state index is 0.0195. The molecule has 0 atom stereocenters. The average Bonchev–Trinajstić information content (AvgIpc) is 2.70. The first-order chi connectivity index (χ1) is 13.0. The molecule has 136 valence electrons. The zero-order valence-electron chi connectivity index (χ0n) is 14.0. The minimum Gasteiger partial charge on any atom is -0.286 e. The topological polar surface area (TPSA) is 75.6 Å². The first-order valence-electron chi connectivity index (χ1n) is 7.98. The van der Waals surface area contributed by atoms with Gasteiger partial charge in [-0.1, -0.05) is 72.3 Å². The van der Waals surface area contributed by atoms with Crippen molar-refractivity contribution < 1.29 is 13.2 Å². The van der Waals surface area contributed by atoms with E-state index in [0.717, 1.165) is 0 Å². The van der Waals surface area contributed by atoms with Gasteiger partial charge in [-0.15, -0.1) is 0 Å². The molecular formula is C20H15ClN2O3S. The number of rotatable bonds is 5. The molecule has 3 rings (SSSR count). The van der Waals surface area contributed by atoms with Crippen LogP contribution in [-0.2, 0) is 9.84 Å². The summed E-state index contributed by atoms with van der Waals surface area (Å²) in [5.41, 5.74) is 3.20. The fraction of sp³-hybridized carbons (Fsp3) is 0. The van der Waals surface area contributed by atoms with E-state index in [4.69, 9.17) is 11.6 Å². The minimum atomic E-state index is -4.14. The molecule has 3 aromatic carbocycles. The Kier molecular flexibility index (Phi) is 5.69. The summed E-state index contributed by atoms with van der Waals surface area (Å²) in [6, 6.07) is 22.5. The fourth-order valence-corrected chi connectivity index (χ4v) is 3.76. The van der Waals surface area contributed by atoms with E-state index in [-0.39, 0.29) is 10.5 Å². The molecule has 0 aromatic heterocycles. The van der Waals surface area contributed by atoms with Gasteiger partial charge in [0.15, 0.2) is 0 Å². The monoisotopic (exact) mass is 398 g/mol. The molecule has 0 aliphatic carbocycles. The number of anilines is 1. The number of ketones is 1. The van der Waals surface area contributed by atoms with E-state index in [2.05, 4.69) is 10.5 Å². The second-order valence-corrected chi connectivity index (χ2v) is 7.79. The molecule has 0 fully saturated rings. The number of carbonyl (C=O) groups is 1. The van der Waals surface area contributed by atoms with Crippen molar-refractivity contribution in [2.24, 2.45) is 5.10 Å². The van der Waals surface area contributed by atoms with Gasteiger partial charge in [0.05, 0.1) is 15.6 Å². The summed E-state index contributed by atoms with van der Waals surface area (Å²) < 4.78 is 26.1. The largest absolute Gasteiger partial charge is 0.286 e. The van der Waals surface area contributed by atoms with Crippen LogP contribution in [-0.4, -0.2) is 19.2 Å². The highest BCUT2D eigenvalue weighted by molar-refractivity contribution is 8.08. The maximum atomic E-state index is 13.0. The first kappa shape index (κ1) is 18.8. The van der Waals surface area contributed by atoms with Crippen LogP contribution in [0, 0.1) is 0 Å². The van der Waals surface area contributed by atoms with Crippen molar-refractivity contribution in [1.82, 2.24) is 0 Å². The highest BCUT2D eigenvalue weighted by atomic mass is 35.5. The van der Waals surface area contributed by atoms with Gasteiger partial charge < -0.3 is 0 Å². The molecule has 27 heavy (non-hydrogen) atoms. The van der Waals surface area contributed by atoms with Crippen LogP contribution in [0.15, 0.2) is 94.9 Å². The molecule has 0 spiro atoms. The number of hydrogen-bond acceptors (Lipinski definition) is 5. The van der Waals surface area contributed by atoms with Gasteiger partial charge in [0.1, 0.15) is 0 Å². The van der Waals surface area contributed by atoms with Gasteiger partial charge in [-0.05, 0) is 24.3 Å². The van der Waals surface area contributed by atoms with Crippen molar-refractivity contribution in [2.45, 2.75) is 4.90 Å². The van der Waals surface area contributed by atoms with Crippen molar-refractivity contribution >= 4 is 38.0 Å². The Bertz CT molecular complexity index is 1080. The Labute approximate surface area is 162 Å². The summed E-state index contributed by atoms with van der Waals surface area (Å²) in [6.45, 7) is 0. The van der Waals surface area contributed by atoms with Gasteiger partial charge in [0.2, 0.25) is 20.7 Å². The van der Waals surface area contributed by atoms with E-state index in [9.17, 15) is 13.2 Å². The predicted molar refractivity (Wildman–Crippen MR) is 107 cm³/mol. The zero-order valence-corrected chi connectivity index (χ0v) is 15.6. The average molecular weight is 399 g/mol. The van der Waals surface area contributed by atoms with E-state index in [1.54, 1.807) is 60.7 Å². The zero-order chi connectivity index (χ0) is 19.3. The molecule has 1 N–H and O–H groups in total. The van der Waals surface area contributed by atoms with Crippen LogP contribution < -0.4 is 5.43 Å². The number of carbonyl (C=O) groups excluding carboxylic acids is 1. The third-order valence-corrected chi connectivity index (χ3v) is 5.70. The van der Waals surface area contributed by atoms with Crippen LogP contribution in [0.1, 0.15) is 10.4 Å². The van der Waals surface area contributed by atoms with Crippen LogP contribution in [0.3, 0.4) is 0 Å². The molecular weight excluding hydrogens is 384 g/mol. The lowest BCUT2D eigenvalue weighted by molar-refractivity contribution is 0.106. The van der Waals surface area contributed by atoms with Gasteiger partial charge >= 0.3 is 0 Å². The third-order valence-electron chi connectivity index (χ3n) is 3.69. The maximum Gasteiger partial charge on any atom is 0.229 e. The molecule has 0 unspecified atom stereocenters. The maximum absolute atomic E-state index is 13.0. The number of nitrogens with one attached hydrogen (secondary N) is 1. The molecule has 0 amide bonds. The number of sulfone groups is 1. The summed E-state index contributed by atoms with van der Waals surface area (Å²) in [5.74, 6) is -0.709. The molecule has 0 saturated carbocycles. The van der Waals surface area contributed by atoms with Crippen molar-refractivity contribution in [2.75, 3.05) is 5.43 Å². The van der Waals surface area contributed by atoms with Crippen molar-refractivity contribution in [1.29, 1.82) is 0 Å². The Morgan fingerprint density at radius 3 is 2.00 bits per heavy atom. The number of nitrogens with zero attached hydrogens (tertiary/aromatic N) is 1. The van der Waals surface area contributed by atoms with Crippen LogP contribution in [0.5, 0.6) is 0 Å². The first-order valence-corrected chi connectivity index (χ1v) is 9.84. The Balaban J connectivity index is 2.08. The number of hydrazone groups is 1. The van der Waals surface area contributed by atoms with Crippen molar-refractivity contribution in [3.05, 3.63) is 95.5 Å². The standard InChI is InChI=1S/C20H15ClN2O3S/c21-17-13-7-8-14-18(17)22-23-20(19(24)15-9-3-1-4-10-15)27(25,26)16-11-5-2-6-12-16/h1-14,22H. The molecule has 0 saturated heterocycles. The Morgan fingerprint density at radius 2 is 1.37 bits per heavy atom. The molecule has 3 aromatic rings. The van der Waals surface area contributed by atoms with Crippen LogP contribution in [0.4, 0.5) is 5.69 Å². The lowest BCUT2D eigenvalue weighted by Gasteiger charge is -2.09. The SMILES string of the molecule is O=C(C(=NNc1ccccc1Cl)S(=O)(=O)c1ccccc1)c1ccccc1. The molecule has 0 aliphatic heterocycles. The molecule has 0 bridgehead atoms. The summed E-state index contributed by atoms with van der Waals surface area (Å²) in [4.78, 5) is 12.9. The van der Waals surface area contributed by atoms with Crippen molar-refractivity contribution in [3.63, 3.8) is 0 Å². The number of hydrogen-bond donors (Lipinski definition) is 1. The fourth-order valence-electron chi connectivity index (χ4n) is 2.32. The van der Waals surface area contributed by atoms with Gasteiger partial charge in [-0.3, -0.25) is 10.2 Å².